The summed E-state index contributed by atoms with van der Waals surface area (Å²) in [6.45, 7) is 10.1. The molecule has 0 aromatic heterocycles. The van der Waals surface area contributed by atoms with Crippen LogP contribution in [0.3, 0.4) is 0 Å². The molecule has 0 saturated heterocycles. The summed E-state index contributed by atoms with van der Waals surface area (Å²) in [5.41, 5.74) is 12.7. The van der Waals surface area contributed by atoms with E-state index in [4.69, 9.17) is 10.5 Å². The predicted octanol–water partition coefficient (Wildman–Crippen LogP) is 4.92. The van der Waals surface area contributed by atoms with Gasteiger partial charge < -0.3 is 20.7 Å². The van der Waals surface area contributed by atoms with E-state index in [-0.39, 0.29) is 0 Å². The maximum atomic E-state index is 8.81. The van der Waals surface area contributed by atoms with E-state index < -0.39 is 0 Å². The van der Waals surface area contributed by atoms with Crippen LogP contribution in [0.2, 0.25) is 0 Å². The number of hydrogen-bond acceptors (Lipinski definition) is 4. The summed E-state index contributed by atoms with van der Waals surface area (Å²) in [6.07, 6.45) is 4.07. The van der Waals surface area contributed by atoms with Crippen LogP contribution >= 0.6 is 0 Å². The van der Waals surface area contributed by atoms with Crippen LogP contribution in [0.5, 0.6) is 0 Å². The maximum Gasteiger partial charge on any atom is 0.116 e. The zero-order valence-corrected chi connectivity index (χ0v) is 18.7. The highest BCUT2D eigenvalue weighted by Crippen LogP contribution is 2.33. The van der Waals surface area contributed by atoms with Gasteiger partial charge in [-0.25, -0.2) is 0 Å². The molecular formula is C25H37N3O. The molecule has 0 radical (unpaired) electrons. The van der Waals surface area contributed by atoms with Gasteiger partial charge in [-0.2, -0.15) is 0 Å². The van der Waals surface area contributed by atoms with Gasteiger partial charge in [-0.1, -0.05) is 43.8 Å². The smallest absolute Gasteiger partial charge is 0.116 e. The van der Waals surface area contributed by atoms with E-state index >= 15 is 0 Å². The third-order valence-corrected chi connectivity index (χ3v) is 5.07. The number of anilines is 1. The van der Waals surface area contributed by atoms with E-state index in [0.717, 1.165) is 24.9 Å². The van der Waals surface area contributed by atoms with Gasteiger partial charge in [-0.15, -0.1) is 0 Å². The van der Waals surface area contributed by atoms with Crippen molar-refractivity contribution in [2.24, 2.45) is 5.73 Å². The first-order valence-electron chi connectivity index (χ1n) is 10.3. The third kappa shape index (κ3) is 7.74. The molecule has 0 saturated carbocycles. The van der Waals surface area contributed by atoms with E-state index in [1.165, 1.54) is 47.7 Å². The summed E-state index contributed by atoms with van der Waals surface area (Å²) in [6, 6.07) is 16.4. The molecule has 1 aliphatic rings. The zero-order valence-electron chi connectivity index (χ0n) is 18.7. The van der Waals surface area contributed by atoms with Crippen molar-refractivity contribution in [3.63, 3.8) is 0 Å². The van der Waals surface area contributed by atoms with Crippen LogP contribution in [0.1, 0.15) is 44.7 Å². The minimum Gasteiger partial charge on any atom is -0.403 e. The molecule has 3 rings (SSSR count). The topological polar surface area (TPSA) is 58.4 Å². The van der Waals surface area contributed by atoms with Crippen LogP contribution in [0.15, 0.2) is 54.7 Å². The Kier molecular flexibility index (Phi) is 10.8. The highest BCUT2D eigenvalue weighted by Gasteiger charge is 2.19. The number of aldehydes is 1. The van der Waals surface area contributed by atoms with Crippen molar-refractivity contribution < 1.29 is 4.79 Å². The van der Waals surface area contributed by atoms with Crippen LogP contribution in [-0.4, -0.2) is 26.4 Å². The highest BCUT2D eigenvalue weighted by atomic mass is 16.1. The van der Waals surface area contributed by atoms with Gasteiger partial charge in [0.1, 0.15) is 6.29 Å². The number of aryl methyl sites for hydroxylation is 1. The Morgan fingerprint density at radius 1 is 1.24 bits per heavy atom. The van der Waals surface area contributed by atoms with E-state index in [0.29, 0.717) is 6.04 Å². The van der Waals surface area contributed by atoms with Gasteiger partial charge in [0.2, 0.25) is 0 Å². The number of carbonyl (C=O) groups excluding carboxylic acids is 1. The molecule has 3 N–H and O–H groups in total. The average molecular weight is 396 g/mol. The molecule has 4 heteroatoms. The van der Waals surface area contributed by atoms with Crippen LogP contribution in [0.25, 0.3) is 11.1 Å². The van der Waals surface area contributed by atoms with Crippen LogP contribution in [0, 0.1) is 0 Å². The second-order valence-corrected chi connectivity index (χ2v) is 7.32. The van der Waals surface area contributed by atoms with Crippen molar-refractivity contribution in [2.75, 3.05) is 19.0 Å². The number of rotatable bonds is 4. The lowest BCUT2D eigenvalue weighted by atomic mass is 9.93. The molecule has 1 heterocycles. The summed E-state index contributed by atoms with van der Waals surface area (Å²) < 4.78 is 0. The lowest BCUT2D eigenvalue weighted by molar-refractivity contribution is -0.106. The van der Waals surface area contributed by atoms with Crippen molar-refractivity contribution in [3.8, 4) is 11.1 Å². The molecule has 0 spiro atoms. The molecule has 0 bridgehead atoms. The molecule has 158 valence electrons. The quantitative estimate of drug-likeness (QED) is 0.722. The second-order valence-electron chi connectivity index (χ2n) is 7.32. The third-order valence-electron chi connectivity index (χ3n) is 5.07. The minimum atomic E-state index is 0.643. The maximum absolute atomic E-state index is 8.81. The van der Waals surface area contributed by atoms with Gasteiger partial charge >= 0.3 is 0 Å². The summed E-state index contributed by atoms with van der Waals surface area (Å²) >= 11 is 0. The molecule has 0 aliphatic carbocycles. The standard InChI is InChI=1S/C19H24N2.C4H9N.C2H4O/c1-14-4-7-18-12-17(10-11-19(18)21(14)3)16-8-5-15(6-9-16)13-20-2;1-3-4(2)5;1-2-3/h5-6,8-12,14,20H,4,7,13H2,1-3H3;2-3,5H2,1H3;2H,1H3/t14-;;/m0../s1. The number of benzene rings is 2. The Morgan fingerprint density at radius 2 is 1.79 bits per heavy atom. The molecule has 0 unspecified atom stereocenters. The van der Waals surface area contributed by atoms with Crippen LogP contribution < -0.4 is 16.0 Å². The molecule has 4 nitrogen and oxygen atoms in total. The van der Waals surface area contributed by atoms with Crippen molar-refractivity contribution in [2.45, 2.75) is 52.6 Å². The van der Waals surface area contributed by atoms with E-state index in [9.17, 15) is 0 Å². The molecule has 1 aliphatic heterocycles. The Bertz CT molecular complexity index is 768. The second kappa shape index (κ2) is 12.8. The number of nitrogens with one attached hydrogen (secondary N) is 1. The predicted molar refractivity (Wildman–Crippen MR) is 126 cm³/mol. The number of hydrogen-bond donors (Lipinski definition) is 2. The number of nitrogens with two attached hydrogens (primary N) is 1. The first-order valence-corrected chi connectivity index (χ1v) is 10.3. The fourth-order valence-electron chi connectivity index (χ4n) is 3.12. The SMILES string of the molecule is C=C(N)CC.CC=O.CNCc1ccc(-c2ccc3c(c2)CC[C@H](C)N3C)cc1. The zero-order chi connectivity index (χ0) is 21.8. The van der Waals surface area contributed by atoms with Gasteiger partial charge in [0.15, 0.2) is 0 Å². The molecule has 29 heavy (non-hydrogen) atoms. The molecule has 2 aromatic rings. The number of fused-ring (bicyclic) bond motifs is 1. The molecule has 0 amide bonds. The van der Waals surface area contributed by atoms with E-state index in [1.807, 2.05) is 14.0 Å². The Hall–Kier alpha value is -2.59. The Labute approximate surface area is 176 Å². The van der Waals surface area contributed by atoms with Crippen molar-refractivity contribution in [3.05, 3.63) is 65.9 Å². The fraction of sp³-hybridized carbons (Fsp3) is 0.400. The Balaban J connectivity index is 0.000000452. The van der Waals surface area contributed by atoms with Gasteiger partial charge in [-0.3, -0.25) is 0 Å². The Morgan fingerprint density at radius 3 is 2.31 bits per heavy atom. The molecule has 2 aromatic carbocycles. The normalized spacial score (nSPS) is 14.5. The molecule has 0 fully saturated rings. The van der Waals surface area contributed by atoms with Crippen LogP contribution in [-0.2, 0) is 17.8 Å². The summed E-state index contributed by atoms with van der Waals surface area (Å²) in [5, 5.41) is 3.19. The first-order chi connectivity index (χ1) is 13.9. The van der Waals surface area contributed by atoms with Gasteiger partial charge in [0.05, 0.1) is 0 Å². The minimum absolute atomic E-state index is 0.643. The van der Waals surface area contributed by atoms with Crippen molar-refractivity contribution in [1.29, 1.82) is 0 Å². The lowest BCUT2D eigenvalue weighted by Gasteiger charge is -2.34. The van der Waals surface area contributed by atoms with Crippen LogP contribution in [0.4, 0.5) is 5.69 Å². The molecular weight excluding hydrogens is 358 g/mol. The number of nitrogens with zero attached hydrogens (tertiary/aromatic N) is 1. The van der Waals surface area contributed by atoms with Crippen molar-refractivity contribution in [1.82, 2.24) is 5.32 Å². The monoisotopic (exact) mass is 395 g/mol. The van der Waals surface area contributed by atoms with Gasteiger partial charge in [-0.05, 0) is 74.5 Å². The fourth-order valence-corrected chi connectivity index (χ4v) is 3.12. The number of carbonyl (C=O) groups is 1. The summed E-state index contributed by atoms with van der Waals surface area (Å²) in [4.78, 5) is 11.2. The average Bonchev–Trinajstić information content (AvgIpc) is 2.72. The highest BCUT2D eigenvalue weighted by molar-refractivity contribution is 5.70. The van der Waals surface area contributed by atoms with Crippen molar-refractivity contribution >= 4 is 12.0 Å². The van der Waals surface area contributed by atoms with E-state index in [1.54, 1.807) is 0 Å². The van der Waals surface area contributed by atoms with Gasteiger partial charge in [0.25, 0.3) is 0 Å². The summed E-state index contributed by atoms with van der Waals surface area (Å²) in [7, 11) is 4.18. The largest absolute Gasteiger partial charge is 0.403 e. The van der Waals surface area contributed by atoms with E-state index in [2.05, 4.69) is 73.2 Å². The first kappa shape index (κ1) is 24.4. The number of allylic oxidation sites excluding steroid dienone is 1. The van der Waals surface area contributed by atoms with Gasteiger partial charge in [0, 0.05) is 31.0 Å². The molecule has 1 atom stereocenters. The summed E-state index contributed by atoms with van der Waals surface area (Å²) in [5.74, 6) is 0. The lowest BCUT2D eigenvalue weighted by Crippen LogP contribution is -2.33.